The van der Waals surface area contributed by atoms with Gasteiger partial charge in [-0.3, -0.25) is 9.69 Å². The summed E-state index contributed by atoms with van der Waals surface area (Å²) in [5, 5.41) is 3.17. The number of hydrogen-bond donors (Lipinski definition) is 1. The Kier molecular flexibility index (Phi) is 8.11. The highest BCUT2D eigenvalue weighted by Gasteiger charge is 2.31. The molecule has 2 heterocycles. The molecule has 2 fully saturated rings. The first kappa shape index (κ1) is 20.3. The molecule has 0 aliphatic carbocycles. The lowest BCUT2D eigenvalue weighted by Crippen LogP contribution is -2.51. The van der Waals surface area contributed by atoms with E-state index in [2.05, 4.69) is 39.4 Å². The van der Waals surface area contributed by atoms with Crippen LogP contribution < -0.4 is 5.32 Å². The maximum atomic E-state index is 12.6. The van der Waals surface area contributed by atoms with Gasteiger partial charge in [0.1, 0.15) is 0 Å². The summed E-state index contributed by atoms with van der Waals surface area (Å²) in [4.78, 5) is 17.7. The lowest BCUT2D eigenvalue weighted by Gasteiger charge is -2.42. The van der Waals surface area contributed by atoms with Gasteiger partial charge >= 0.3 is 0 Å². The van der Waals surface area contributed by atoms with Crippen molar-refractivity contribution in [1.29, 1.82) is 0 Å². The Labute approximate surface area is 164 Å². The van der Waals surface area contributed by atoms with Gasteiger partial charge in [0.25, 0.3) is 0 Å². The lowest BCUT2D eigenvalue weighted by atomic mass is 9.93. The highest BCUT2D eigenvalue weighted by atomic mass is 16.5. The number of amides is 1. The maximum Gasteiger partial charge on any atom is 0.224 e. The normalized spacial score (nSPS) is 22.6. The monoisotopic (exact) mass is 373 g/mol. The molecule has 0 spiro atoms. The molecular formula is C22H35N3O2. The van der Waals surface area contributed by atoms with E-state index in [-0.39, 0.29) is 11.8 Å². The van der Waals surface area contributed by atoms with E-state index < -0.39 is 0 Å². The molecule has 1 aromatic rings. The minimum Gasteiger partial charge on any atom is -0.383 e. The zero-order chi connectivity index (χ0) is 18.9. The number of benzene rings is 1. The fourth-order valence-corrected chi connectivity index (χ4v) is 4.40. The number of ether oxygens (including phenoxy) is 1. The molecule has 1 N–H and O–H groups in total. The van der Waals surface area contributed by atoms with E-state index >= 15 is 0 Å². The Morgan fingerprint density at radius 3 is 2.67 bits per heavy atom. The Balaban J connectivity index is 1.39. The zero-order valence-electron chi connectivity index (χ0n) is 16.7. The maximum absolute atomic E-state index is 12.6. The summed E-state index contributed by atoms with van der Waals surface area (Å²) in [6.07, 6.45) is 5.50. The van der Waals surface area contributed by atoms with E-state index in [1.165, 1.54) is 18.4 Å². The third-order valence-electron chi connectivity index (χ3n) is 6.06. The largest absolute Gasteiger partial charge is 0.383 e. The molecule has 0 aromatic heterocycles. The molecule has 27 heavy (non-hydrogen) atoms. The molecule has 150 valence electrons. The SMILES string of the molecule is COCCN1CCC(N2CCC[C@@H](C(=O)NCCc3ccccc3)C2)CC1. The molecule has 1 atom stereocenters. The molecule has 0 radical (unpaired) electrons. The van der Waals surface area contributed by atoms with Gasteiger partial charge in [0.2, 0.25) is 5.91 Å². The third-order valence-corrected chi connectivity index (χ3v) is 6.06. The molecule has 2 aliphatic heterocycles. The van der Waals surface area contributed by atoms with Crippen LogP contribution in [0.4, 0.5) is 0 Å². The molecular weight excluding hydrogens is 338 g/mol. The Morgan fingerprint density at radius 1 is 1.15 bits per heavy atom. The number of piperidine rings is 2. The van der Waals surface area contributed by atoms with Crippen molar-refractivity contribution >= 4 is 5.91 Å². The predicted octanol–water partition coefficient (Wildman–Crippen LogP) is 2.17. The molecule has 0 saturated carbocycles. The second-order valence-electron chi connectivity index (χ2n) is 7.93. The summed E-state index contributed by atoms with van der Waals surface area (Å²) in [6.45, 7) is 6.97. The summed E-state index contributed by atoms with van der Waals surface area (Å²) in [6, 6.07) is 11.0. The fraction of sp³-hybridized carbons (Fsp3) is 0.682. The summed E-state index contributed by atoms with van der Waals surface area (Å²) in [5.74, 6) is 0.397. The zero-order valence-corrected chi connectivity index (χ0v) is 16.7. The first-order chi connectivity index (χ1) is 13.3. The number of carbonyl (C=O) groups excluding carboxylic acids is 1. The van der Waals surface area contributed by atoms with Crippen molar-refractivity contribution in [2.45, 2.75) is 38.1 Å². The molecule has 5 heteroatoms. The number of carbonyl (C=O) groups is 1. The topological polar surface area (TPSA) is 44.8 Å². The number of likely N-dealkylation sites (tertiary alicyclic amines) is 2. The van der Waals surface area contributed by atoms with Crippen molar-refractivity contribution in [3.05, 3.63) is 35.9 Å². The Bertz CT molecular complexity index is 558. The van der Waals surface area contributed by atoms with Crippen molar-refractivity contribution in [3.63, 3.8) is 0 Å². The van der Waals surface area contributed by atoms with Crippen LogP contribution >= 0.6 is 0 Å². The summed E-state index contributed by atoms with van der Waals surface area (Å²) < 4.78 is 5.19. The van der Waals surface area contributed by atoms with Gasteiger partial charge in [0.15, 0.2) is 0 Å². The Morgan fingerprint density at radius 2 is 1.93 bits per heavy atom. The third kappa shape index (κ3) is 6.30. The average molecular weight is 374 g/mol. The first-order valence-corrected chi connectivity index (χ1v) is 10.5. The lowest BCUT2D eigenvalue weighted by molar-refractivity contribution is -0.127. The molecule has 1 amide bonds. The van der Waals surface area contributed by atoms with Crippen LogP contribution in [0.3, 0.4) is 0 Å². The van der Waals surface area contributed by atoms with E-state index in [1.54, 1.807) is 7.11 Å². The van der Waals surface area contributed by atoms with Crippen molar-refractivity contribution in [2.75, 3.05) is 53.0 Å². The van der Waals surface area contributed by atoms with Crippen molar-refractivity contribution in [3.8, 4) is 0 Å². The molecule has 0 bridgehead atoms. The van der Waals surface area contributed by atoms with E-state index in [9.17, 15) is 4.79 Å². The van der Waals surface area contributed by atoms with E-state index in [4.69, 9.17) is 4.74 Å². The number of nitrogens with zero attached hydrogens (tertiary/aromatic N) is 2. The van der Waals surface area contributed by atoms with Crippen LogP contribution in [0.1, 0.15) is 31.2 Å². The fourth-order valence-electron chi connectivity index (χ4n) is 4.40. The molecule has 2 aliphatic rings. The molecule has 3 rings (SSSR count). The predicted molar refractivity (Wildman–Crippen MR) is 109 cm³/mol. The standard InChI is InChI=1S/C22H35N3O2/c1-27-17-16-24-14-10-21(11-15-24)25-13-5-8-20(18-25)22(26)23-12-9-19-6-3-2-4-7-19/h2-4,6-7,20-21H,5,8-18H2,1H3,(H,23,26)/t20-/m1/s1. The van der Waals surface area contributed by atoms with Crippen molar-refractivity contribution in [1.82, 2.24) is 15.1 Å². The second-order valence-corrected chi connectivity index (χ2v) is 7.93. The van der Waals surface area contributed by atoms with Gasteiger partial charge in [-0.05, 0) is 57.3 Å². The van der Waals surface area contributed by atoms with Crippen LogP contribution in [0, 0.1) is 5.92 Å². The number of hydrogen-bond acceptors (Lipinski definition) is 4. The highest BCUT2D eigenvalue weighted by Crippen LogP contribution is 2.24. The molecule has 1 aromatic carbocycles. The van der Waals surface area contributed by atoms with Crippen LogP contribution in [0.25, 0.3) is 0 Å². The van der Waals surface area contributed by atoms with Gasteiger partial charge in [-0.25, -0.2) is 0 Å². The summed E-state index contributed by atoms with van der Waals surface area (Å²) >= 11 is 0. The van der Waals surface area contributed by atoms with Crippen molar-refractivity contribution in [2.24, 2.45) is 5.92 Å². The molecule has 0 unspecified atom stereocenters. The first-order valence-electron chi connectivity index (χ1n) is 10.5. The van der Waals surface area contributed by atoms with Gasteiger partial charge in [-0.1, -0.05) is 30.3 Å². The van der Waals surface area contributed by atoms with Gasteiger partial charge in [0.05, 0.1) is 12.5 Å². The Hall–Kier alpha value is -1.43. The van der Waals surface area contributed by atoms with Gasteiger partial charge in [-0.2, -0.15) is 0 Å². The summed E-state index contributed by atoms with van der Waals surface area (Å²) in [7, 11) is 1.77. The summed E-state index contributed by atoms with van der Waals surface area (Å²) in [5.41, 5.74) is 1.28. The average Bonchev–Trinajstić information content (AvgIpc) is 2.73. The van der Waals surface area contributed by atoms with Crippen LogP contribution in [0.15, 0.2) is 30.3 Å². The number of rotatable bonds is 8. The minimum absolute atomic E-state index is 0.154. The second kappa shape index (κ2) is 10.8. The van der Waals surface area contributed by atoms with E-state index in [1.807, 2.05) is 6.07 Å². The van der Waals surface area contributed by atoms with Gasteiger partial charge < -0.3 is 15.0 Å². The van der Waals surface area contributed by atoms with Crippen LogP contribution in [-0.4, -0.2) is 74.7 Å². The quantitative estimate of drug-likeness (QED) is 0.759. The number of methoxy groups -OCH3 is 1. The van der Waals surface area contributed by atoms with Crippen LogP contribution in [0.2, 0.25) is 0 Å². The molecule has 2 saturated heterocycles. The van der Waals surface area contributed by atoms with Crippen LogP contribution in [-0.2, 0) is 16.0 Å². The van der Waals surface area contributed by atoms with Crippen LogP contribution in [0.5, 0.6) is 0 Å². The van der Waals surface area contributed by atoms with Gasteiger partial charge in [0, 0.05) is 32.8 Å². The van der Waals surface area contributed by atoms with Crippen molar-refractivity contribution < 1.29 is 9.53 Å². The minimum atomic E-state index is 0.154. The number of nitrogens with one attached hydrogen (secondary N) is 1. The highest BCUT2D eigenvalue weighted by molar-refractivity contribution is 5.79. The van der Waals surface area contributed by atoms with Gasteiger partial charge in [-0.15, -0.1) is 0 Å². The molecule has 5 nitrogen and oxygen atoms in total. The smallest absolute Gasteiger partial charge is 0.224 e. The van der Waals surface area contributed by atoms with E-state index in [0.717, 1.165) is 65.1 Å². The van der Waals surface area contributed by atoms with E-state index in [0.29, 0.717) is 6.04 Å².